The van der Waals surface area contributed by atoms with Crippen LogP contribution in [0.5, 0.6) is 5.75 Å². The molecule has 0 N–H and O–H groups in total. The molecule has 34 heavy (non-hydrogen) atoms. The highest BCUT2D eigenvalue weighted by Gasteiger charge is 2.24. The Balaban J connectivity index is 1.60. The number of ether oxygens (including phenoxy) is 1. The summed E-state index contributed by atoms with van der Waals surface area (Å²) in [5.41, 5.74) is 2.09. The van der Waals surface area contributed by atoms with Crippen LogP contribution in [0.1, 0.15) is 17.5 Å². The standard InChI is InChI=1S/C24H22ClN3O4S2/c1-32-20-8-7-19(25)23-22(20)27-24(33-23)28(15-17-9-12-26-13-10-17)21(29)11-14-34(30,31)16-18-5-3-2-4-6-18/h2-10,12-13H,11,14-16H2,1H3. The number of amides is 1. The van der Waals surface area contributed by atoms with Crippen LogP contribution in [0.4, 0.5) is 5.13 Å². The van der Waals surface area contributed by atoms with Gasteiger partial charge in [-0.15, -0.1) is 0 Å². The van der Waals surface area contributed by atoms with Crippen LogP contribution in [0.15, 0.2) is 67.0 Å². The number of fused-ring (bicyclic) bond motifs is 1. The molecule has 0 spiro atoms. The molecular weight excluding hydrogens is 494 g/mol. The number of benzene rings is 2. The van der Waals surface area contributed by atoms with Crippen LogP contribution in [-0.2, 0) is 26.9 Å². The van der Waals surface area contributed by atoms with Crippen molar-refractivity contribution in [3.05, 3.63) is 83.1 Å². The fourth-order valence-electron chi connectivity index (χ4n) is 3.43. The first kappa shape index (κ1) is 24.1. The quantitative estimate of drug-likeness (QED) is 0.315. The number of pyridine rings is 1. The number of sulfone groups is 1. The molecule has 176 valence electrons. The van der Waals surface area contributed by atoms with Crippen molar-refractivity contribution in [1.29, 1.82) is 0 Å². The molecule has 0 atom stereocenters. The summed E-state index contributed by atoms with van der Waals surface area (Å²) >= 11 is 7.63. The third kappa shape index (κ3) is 5.72. The Morgan fingerprint density at radius 3 is 2.50 bits per heavy atom. The Bertz CT molecular complexity index is 1390. The largest absolute Gasteiger partial charge is 0.494 e. The van der Waals surface area contributed by atoms with Crippen LogP contribution < -0.4 is 9.64 Å². The SMILES string of the molecule is COc1ccc(Cl)c2sc(N(Cc3ccncc3)C(=O)CCS(=O)(=O)Cc3ccccc3)nc12. The van der Waals surface area contributed by atoms with E-state index in [1.54, 1.807) is 68.0 Å². The molecule has 10 heteroatoms. The molecule has 1 amide bonds. The summed E-state index contributed by atoms with van der Waals surface area (Å²) in [6.07, 6.45) is 3.11. The van der Waals surface area contributed by atoms with E-state index in [4.69, 9.17) is 16.3 Å². The zero-order valence-electron chi connectivity index (χ0n) is 18.3. The summed E-state index contributed by atoms with van der Waals surface area (Å²) in [6.45, 7) is 0.222. The number of carbonyl (C=O) groups excluding carboxylic acids is 1. The van der Waals surface area contributed by atoms with Crippen LogP contribution in [0.25, 0.3) is 10.2 Å². The monoisotopic (exact) mass is 515 g/mol. The van der Waals surface area contributed by atoms with Gasteiger partial charge in [0.2, 0.25) is 5.91 Å². The second-order valence-corrected chi connectivity index (χ2v) is 11.2. The van der Waals surface area contributed by atoms with Gasteiger partial charge in [0.05, 0.1) is 34.9 Å². The maximum Gasteiger partial charge on any atom is 0.230 e. The molecule has 2 aromatic carbocycles. The van der Waals surface area contributed by atoms with Crippen molar-refractivity contribution >= 4 is 54.0 Å². The second-order valence-electron chi connectivity index (χ2n) is 7.59. The predicted molar refractivity (Wildman–Crippen MR) is 135 cm³/mol. The molecule has 0 radical (unpaired) electrons. The van der Waals surface area contributed by atoms with E-state index >= 15 is 0 Å². The smallest absolute Gasteiger partial charge is 0.230 e. The minimum Gasteiger partial charge on any atom is -0.494 e. The van der Waals surface area contributed by atoms with Gasteiger partial charge >= 0.3 is 0 Å². The number of thiazole rings is 1. The topological polar surface area (TPSA) is 89.5 Å². The summed E-state index contributed by atoms with van der Waals surface area (Å²) in [5, 5.41) is 0.921. The fourth-order valence-corrected chi connectivity index (χ4v) is 6.04. The van der Waals surface area contributed by atoms with E-state index in [9.17, 15) is 13.2 Å². The maximum atomic E-state index is 13.3. The number of methoxy groups -OCH3 is 1. The van der Waals surface area contributed by atoms with Crippen molar-refractivity contribution in [2.75, 3.05) is 17.8 Å². The van der Waals surface area contributed by atoms with Crippen molar-refractivity contribution < 1.29 is 17.9 Å². The first-order chi connectivity index (χ1) is 16.4. The van der Waals surface area contributed by atoms with Gasteiger partial charge in [0.25, 0.3) is 0 Å². The van der Waals surface area contributed by atoms with Gasteiger partial charge in [-0.3, -0.25) is 14.7 Å². The number of nitrogens with zero attached hydrogens (tertiary/aromatic N) is 3. The lowest BCUT2D eigenvalue weighted by molar-refractivity contribution is -0.118. The minimum absolute atomic E-state index is 0.112. The molecule has 0 fully saturated rings. The lowest BCUT2D eigenvalue weighted by atomic mass is 10.2. The van der Waals surface area contributed by atoms with E-state index < -0.39 is 9.84 Å². The van der Waals surface area contributed by atoms with Crippen molar-refractivity contribution in [2.45, 2.75) is 18.7 Å². The first-order valence-corrected chi connectivity index (χ1v) is 13.4. The number of anilines is 1. The number of carbonyl (C=O) groups is 1. The highest BCUT2D eigenvalue weighted by molar-refractivity contribution is 7.90. The van der Waals surface area contributed by atoms with Crippen molar-refractivity contribution in [1.82, 2.24) is 9.97 Å². The molecule has 2 heterocycles. The van der Waals surface area contributed by atoms with Gasteiger partial charge < -0.3 is 4.74 Å². The Labute approximate surface area is 206 Å². The van der Waals surface area contributed by atoms with Crippen LogP contribution in [0, 0.1) is 0 Å². The Hall–Kier alpha value is -3.01. The zero-order valence-corrected chi connectivity index (χ0v) is 20.7. The fraction of sp³-hybridized carbons (Fsp3) is 0.208. The average Bonchev–Trinajstić information content (AvgIpc) is 3.28. The summed E-state index contributed by atoms with van der Waals surface area (Å²) < 4.78 is 31.4. The van der Waals surface area contributed by atoms with E-state index in [-0.39, 0.29) is 30.4 Å². The predicted octanol–water partition coefficient (Wildman–Crippen LogP) is 4.89. The maximum absolute atomic E-state index is 13.3. The molecule has 0 aliphatic rings. The van der Waals surface area contributed by atoms with Gasteiger partial charge in [0, 0.05) is 18.8 Å². The number of rotatable bonds is 9. The van der Waals surface area contributed by atoms with Crippen molar-refractivity contribution in [3.63, 3.8) is 0 Å². The number of hydrogen-bond donors (Lipinski definition) is 0. The highest BCUT2D eigenvalue weighted by Crippen LogP contribution is 2.39. The van der Waals surface area contributed by atoms with Gasteiger partial charge in [0.15, 0.2) is 15.0 Å². The Morgan fingerprint density at radius 1 is 1.06 bits per heavy atom. The molecular formula is C24H22ClN3O4S2. The van der Waals surface area contributed by atoms with Gasteiger partial charge in [-0.2, -0.15) is 0 Å². The normalized spacial score (nSPS) is 11.5. The van der Waals surface area contributed by atoms with Crippen LogP contribution in [0.3, 0.4) is 0 Å². The minimum atomic E-state index is -3.48. The van der Waals surface area contributed by atoms with Gasteiger partial charge in [-0.1, -0.05) is 53.3 Å². The molecule has 4 rings (SSSR count). The van der Waals surface area contributed by atoms with E-state index in [2.05, 4.69) is 9.97 Å². The van der Waals surface area contributed by atoms with Gasteiger partial charge in [-0.05, 0) is 35.4 Å². The molecule has 0 aliphatic heterocycles. The second kappa shape index (κ2) is 10.5. The van der Waals surface area contributed by atoms with Crippen LogP contribution >= 0.6 is 22.9 Å². The number of hydrogen-bond acceptors (Lipinski definition) is 7. The van der Waals surface area contributed by atoms with E-state index in [0.717, 1.165) is 5.56 Å². The Kier molecular flexibility index (Phi) is 7.45. The van der Waals surface area contributed by atoms with Crippen LogP contribution in [0.2, 0.25) is 5.02 Å². The van der Waals surface area contributed by atoms with Crippen molar-refractivity contribution in [3.8, 4) is 5.75 Å². The summed E-state index contributed by atoms with van der Waals surface area (Å²) in [7, 11) is -1.94. The molecule has 0 unspecified atom stereocenters. The summed E-state index contributed by atoms with van der Waals surface area (Å²) in [4.78, 5) is 23.4. The molecule has 0 saturated heterocycles. The molecule has 0 bridgehead atoms. The van der Waals surface area contributed by atoms with E-state index in [0.29, 0.717) is 31.7 Å². The number of aromatic nitrogens is 2. The molecule has 4 aromatic rings. The van der Waals surface area contributed by atoms with Gasteiger partial charge in [-0.25, -0.2) is 13.4 Å². The lowest BCUT2D eigenvalue weighted by Gasteiger charge is -2.20. The number of halogens is 1. The molecule has 2 aromatic heterocycles. The lowest BCUT2D eigenvalue weighted by Crippen LogP contribution is -2.31. The average molecular weight is 516 g/mol. The molecule has 0 saturated carbocycles. The summed E-state index contributed by atoms with van der Waals surface area (Å²) in [5.74, 6) is -0.173. The first-order valence-electron chi connectivity index (χ1n) is 10.4. The summed E-state index contributed by atoms with van der Waals surface area (Å²) in [6, 6.07) is 16.0. The van der Waals surface area contributed by atoms with Crippen molar-refractivity contribution in [2.24, 2.45) is 0 Å². The highest BCUT2D eigenvalue weighted by atomic mass is 35.5. The Morgan fingerprint density at radius 2 is 1.79 bits per heavy atom. The van der Waals surface area contributed by atoms with Crippen LogP contribution in [-0.4, -0.2) is 37.2 Å². The van der Waals surface area contributed by atoms with Gasteiger partial charge in [0.1, 0.15) is 11.3 Å². The zero-order chi connectivity index (χ0) is 24.1. The third-order valence-electron chi connectivity index (χ3n) is 5.15. The third-order valence-corrected chi connectivity index (χ3v) is 8.28. The van der Waals surface area contributed by atoms with E-state index in [1.807, 2.05) is 6.07 Å². The van der Waals surface area contributed by atoms with E-state index in [1.165, 1.54) is 16.2 Å². The molecule has 0 aliphatic carbocycles. The molecule has 7 nitrogen and oxygen atoms in total.